The summed E-state index contributed by atoms with van der Waals surface area (Å²) in [6.45, 7) is 0.740. The smallest absolute Gasteiger partial charge is 0.238 e. The van der Waals surface area contributed by atoms with Crippen LogP contribution in [0.1, 0.15) is 6.42 Å². The zero-order valence-electron chi connectivity index (χ0n) is 11.6. The second-order valence-corrected chi connectivity index (χ2v) is 5.30. The van der Waals surface area contributed by atoms with Gasteiger partial charge in [-0.1, -0.05) is 0 Å². The number of rotatable bonds is 6. The topological polar surface area (TPSA) is 87.5 Å². The first kappa shape index (κ1) is 16.5. The fourth-order valence-electron chi connectivity index (χ4n) is 1.56. The minimum absolute atomic E-state index is 0.0430. The number of carbonyl (C=O) groups is 2. The van der Waals surface area contributed by atoms with Crippen LogP contribution in [-0.2, 0) is 9.59 Å². The van der Waals surface area contributed by atoms with Crippen molar-refractivity contribution in [2.24, 2.45) is 0 Å². The van der Waals surface area contributed by atoms with Gasteiger partial charge in [0.15, 0.2) is 0 Å². The van der Waals surface area contributed by atoms with E-state index < -0.39 is 0 Å². The molecule has 110 valence electrons. The predicted molar refractivity (Wildman–Crippen MR) is 83.4 cm³/mol. The SMILES string of the molecule is CNC(=O)CCN(C)CC(=O)Nc1ccc(N)cc1Br. The van der Waals surface area contributed by atoms with Crippen LogP contribution in [0.4, 0.5) is 11.4 Å². The Bertz CT molecular complexity index is 493. The number of carbonyl (C=O) groups excluding carboxylic acids is 2. The molecule has 1 rings (SSSR count). The molecule has 0 unspecified atom stereocenters. The standard InChI is InChI=1S/C13H19BrN4O2/c1-16-12(19)5-6-18(2)8-13(20)17-11-4-3-9(15)7-10(11)14/h3-4,7H,5-6,8,15H2,1-2H3,(H,16,19)(H,17,20). The van der Waals surface area contributed by atoms with Gasteiger partial charge in [-0.2, -0.15) is 0 Å². The zero-order valence-corrected chi connectivity index (χ0v) is 13.2. The Labute approximate surface area is 126 Å². The molecule has 0 atom stereocenters. The number of hydrogen-bond donors (Lipinski definition) is 3. The quantitative estimate of drug-likeness (QED) is 0.674. The first-order valence-electron chi connectivity index (χ1n) is 6.16. The summed E-state index contributed by atoms with van der Waals surface area (Å²) in [5.74, 6) is -0.187. The molecule has 0 bridgehead atoms. The van der Waals surface area contributed by atoms with Gasteiger partial charge in [0.2, 0.25) is 11.8 Å². The Hall–Kier alpha value is -1.60. The zero-order chi connectivity index (χ0) is 15.1. The first-order chi connectivity index (χ1) is 9.42. The lowest BCUT2D eigenvalue weighted by atomic mass is 10.3. The van der Waals surface area contributed by atoms with E-state index in [1.807, 2.05) is 0 Å². The van der Waals surface area contributed by atoms with E-state index in [4.69, 9.17) is 5.73 Å². The van der Waals surface area contributed by atoms with Crippen molar-refractivity contribution in [1.82, 2.24) is 10.2 Å². The van der Waals surface area contributed by atoms with Crippen LogP contribution in [0.3, 0.4) is 0 Å². The molecule has 6 nitrogen and oxygen atoms in total. The van der Waals surface area contributed by atoms with Gasteiger partial charge in [0.05, 0.1) is 12.2 Å². The molecule has 0 spiro atoms. The number of halogens is 1. The largest absolute Gasteiger partial charge is 0.399 e. The van der Waals surface area contributed by atoms with Crippen LogP contribution < -0.4 is 16.4 Å². The summed E-state index contributed by atoms with van der Waals surface area (Å²) >= 11 is 3.34. The molecule has 0 saturated carbocycles. The van der Waals surface area contributed by atoms with E-state index in [0.29, 0.717) is 24.3 Å². The number of likely N-dealkylation sites (N-methyl/N-ethyl adjacent to an activating group) is 1. The molecular weight excluding hydrogens is 324 g/mol. The molecule has 0 radical (unpaired) electrons. The summed E-state index contributed by atoms with van der Waals surface area (Å²) < 4.78 is 0.735. The lowest BCUT2D eigenvalue weighted by molar-refractivity contribution is -0.122. The van der Waals surface area contributed by atoms with E-state index >= 15 is 0 Å². The van der Waals surface area contributed by atoms with Crippen LogP contribution in [0.25, 0.3) is 0 Å². The Morgan fingerprint density at radius 1 is 1.35 bits per heavy atom. The van der Waals surface area contributed by atoms with Crippen LogP contribution in [-0.4, -0.2) is 43.9 Å². The molecule has 0 heterocycles. The van der Waals surface area contributed by atoms with E-state index in [9.17, 15) is 9.59 Å². The molecule has 1 aromatic carbocycles. The number of nitrogens with two attached hydrogens (primary N) is 1. The molecule has 0 aliphatic rings. The summed E-state index contributed by atoms with van der Waals surface area (Å²) in [5, 5.41) is 5.33. The number of benzene rings is 1. The van der Waals surface area contributed by atoms with Gasteiger partial charge in [0, 0.05) is 30.2 Å². The van der Waals surface area contributed by atoms with Gasteiger partial charge in [0.25, 0.3) is 0 Å². The molecule has 20 heavy (non-hydrogen) atoms. The molecule has 0 aliphatic heterocycles. The van der Waals surface area contributed by atoms with Crippen molar-refractivity contribution in [3.63, 3.8) is 0 Å². The third-order valence-corrected chi connectivity index (χ3v) is 3.34. The highest BCUT2D eigenvalue weighted by Gasteiger charge is 2.10. The number of hydrogen-bond acceptors (Lipinski definition) is 4. The second kappa shape index (κ2) is 7.86. The average molecular weight is 343 g/mol. The van der Waals surface area contributed by atoms with Gasteiger partial charge in [-0.15, -0.1) is 0 Å². The molecule has 0 aromatic heterocycles. The summed E-state index contributed by atoms with van der Waals surface area (Å²) in [7, 11) is 3.38. The lowest BCUT2D eigenvalue weighted by Gasteiger charge is -2.16. The van der Waals surface area contributed by atoms with Gasteiger partial charge in [0.1, 0.15) is 0 Å². The van der Waals surface area contributed by atoms with Gasteiger partial charge in [-0.3, -0.25) is 14.5 Å². The van der Waals surface area contributed by atoms with E-state index in [1.54, 1.807) is 37.2 Å². The Morgan fingerprint density at radius 3 is 2.65 bits per heavy atom. The van der Waals surface area contributed by atoms with Crippen LogP contribution >= 0.6 is 15.9 Å². The molecule has 4 N–H and O–H groups in total. The van der Waals surface area contributed by atoms with Crippen molar-refractivity contribution in [3.8, 4) is 0 Å². The van der Waals surface area contributed by atoms with Crippen molar-refractivity contribution in [2.45, 2.75) is 6.42 Å². The molecule has 0 aliphatic carbocycles. The van der Waals surface area contributed by atoms with Crippen molar-refractivity contribution in [1.29, 1.82) is 0 Å². The average Bonchev–Trinajstić information content (AvgIpc) is 2.39. The first-order valence-corrected chi connectivity index (χ1v) is 6.95. The maximum absolute atomic E-state index is 11.9. The van der Waals surface area contributed by atoms with Crippen molar-refractivity contribution < 1.29 is 9.59 Å². The molecule has 0 fully saturated rings. The fraction of sp³-hybridized carbons (Fsp3) is 0.385. The highest BCUT2D eigenvalue weighted by molar-refractivity contribution is 9.10. The van der Waals surface area contributed by atoms with E-state index in [2.05, 4.69) is 26.6 Å². The molecular formula is C13H19BrN4O2. The molecule has 1 aromatic rings. The Balaban J connectivity index is 2.45. The van der Waals surface area contributed by atoms with Crippen LogP contribution in [0.2, 0.25) is 0 Å². The van der Waals surface area contributed by atoms with Crippen molar-refractivity contribution in [2.75, 3.05) is 38.2 Å². The summed E-state index contributed by atoms with van der Waals surface area (Å²) in [6.07, 6.45) is 0.367. The maximum atomic E-state index is 11.9. The van der Waals surface area contributed by atoms with Crippen LogP contribution in [0, 0.1) is 0 Å². The fourth-order valence-corrected chi connectivity index (χ4v) is 2.06. The van der Waals surface area contributed by atoms with Gasteiger partial charge in [-0.25, -0.2) is 0 Å². The number of nitrogens with one attached hydrogen (secondary N) is 2. The highest BCUT2D eigenvalue weighted by atomic mass is 79.9. The number of nitrogens with zero attached hydrogens (tertiary/aromatic N) is 1. The third-order valence-electron chi connectivity index (χ3n) is 2.68. The predicted octanol–water partition coefficient (Wildman–Crippen LogP) is 1.04. The van der Waals surface area contributed by atoms with Crippen molar-refractivity contribution in [3.05, 3.63) is 22.7 Å². The monoisotopic (exact) mass is 342 g/mol. The molecule has 2 amide bonds. The molecule has 7 heteroatoms. The van der Waals surface area contributed by atoms with E-state index in [1.165, 1.54) is 0 Å². The van der Waals surface area contributed by atoms with Crippen LogP contribution in [0.15, 0.2) is 22.7 Å². The summed E-state index contributed by atoms with van der Waals surface area (Å²) in [6, 6.07) is 5.18. The molecule has 0 saturated heterocycles. The normalized spacial score (nSPS) is 10.4. The Kier molecular flexibility index (Phi) is 6.47. The number of nitrogen functional groups attached to an aromatic ring is 1. The number of anilines is 2. The lowest BCUT2D eigenvalue weighted by Crippen LogP contribution is -2.33. The minimum Gasteiger partial charge on any atom is -0.399 e. The summed E-state index contributed by atoms with van der Waals surface area (Å²) in [4.78, 5) is 24.8. The van der Waals surface area contributed by atoms with Crippen molar-refractivity contribution >= 4 is 39.1 Å². The van der Waals surface area contributed by atoms with E-state index in [-0.39, 0.29) is 18.4 Å². The summed E-state index contributed by atoms with van der Waals surface area (Å²) in [5.41, 5.74) is 6.92. The van der Waals surface area contributed by atoms with Gasteiger partial charge < -0.3 is 16.4 Å². The Morgan fingerprint density at radius 2 is 2.05 bits per heavy atom. The highest BCUT2D eigenvalue weighted by Crippen LogP contribution is 2.24. The number of amides is 2. The van der Waals surface area contributed by atoms with Gasteiger partial charge >= 0.3 is 0 Å². The van der Waals surface area contributed by atoms with E-state index in [0.717, 1.165) is 4.47 Å². The third kappa shape index (κ3) is 5.58. The minimum atomic E-state index is -0.144. The second-order valence-electron chi connectivity index (χ2n) is 4.45. The van der Waals surface area contributed by atoms with Gasteiger partial charge in [-0.05, 0) is 41.2 Å². The van der Waals surface area contributed by atoms with Crippen LogP contribution in [0.5, 0.6) is 0 Å². The maximum Gasteiger partial charge on any atom is 0.238 e.